The van der Waals surface area contributed by atoms with Crippen LogP contribution in [0.5, 0.6) is 5.75 Å². The van der Waals surface area contributed by atoms with E-state index >= 15 is 0 Å². The number of sulfone groups is 1. The van der Waals surface area contributed by atoms with Gasteiger partial charge in [-0.2, -0.15) is 0 Å². The lowest BCUT2D eigenvalue weighted by Gasteiger charge is -2.32. The van der Waals surface area contributed by atoms with Gasteiger partial charge in [0.25, 0.3) is 11.5 Å². The second kappa shape index (κ2) is 8.60. The van der Waals surface area contributed by atoms with E-state index < -0.39 is 26.9 Å². The molecule has 0 spiro atoms. The van der Waals surface area contributed by atoms with Gasteiger partial charge in [-0.05, 0) is 38.5 Å². The molecule has 1 aromatic carbocycles. The van der Waals surface area contributed by atoms with E-state index in [0.717, 1.165) is 5.56 Å². The minimum Gasteiger partial charge on any atom is -0.481 e. The molecule has 3 heterocycles. The van der Waals surface area contributed by atoms with Gasteiger partial charge in [-0.15, -0.1) is 0 Å². The molecular formula is C23H25N3O6S. The minimum atomic E-state index is -3.57. The number of nitrogens with zero attached hydrogens (tertiary/aromatic N) is 2. The molecule has 1 aromatic heterocycles. The molecule has 0 fully saturated rings. The van der Waals surface area contributed by atoms with Crippen LogP contribution in [-0.4, -0.2) is 37.0 Å². The fraction of sp³-hybridized carbons (Fsp3) is 0.348. The van der Waals surface area contributed by atoms with Gasteiger partial charge in [-0.25, -0.2) is 13.4 Å². The molecule has 2 aromatic rings. The SMILES string of the molecule is CC1=CC=C(CNC(=O)c2nc3n(c(=O)c2OCc2ccccc2)CCOC3(C)C)S1(=O)=O. The third-order valence-corrected chi connectivity index (χ3v) is 7.54. The van der Waals surface area contributed by atoms with Crippen molar-refractivity contribution in [1.29, 1.82) is 0 Å². The van der Waals surface area contributed by atoms with Crippen LogP contribution in [0, 0.1) is 0 Å². The van der Waals surface area contributed by atoms with Crippen LogP contribution < -0.4 is 15.6 Å². The van der Waals surface area contributed by atoms with Crippen LogP contribution in [-0.2, 0) is 33.3 Å². The van der Waals surface area contributed by atoms with E-state index in [1.54, 1.807) is 13.8 Å². The molecule has 0 unspecified atom stereocenters. The number of aromatic nitrogens is 2. The van der Waals surface area contributed by atoms with E-state index in [0.29, 0.717) is 12.4 Å². The summed E-state index contributed by atoms with van der Waals surface area (Å²) < 4.78 is 37.6. The Kier molecular flexibility index (Phi) is 5.98. The molecule has 0 saturated heterocycles. The molecule has 2 aliphatic heterocycles. The molecule has 0 bridgehead atoms. The van der Waals surface area contributed by atoms with Gasteiger partial charge in [0, 0.05) is 4.91 Å². The number of carbonyl (C=O) groups is 1. The smallest absolute Gasteiger partial charge is 0.296 e. The molecule has 33 heavy (non-hydrogen) atoms. The number of rotatable bonds is 6. The lowest BCUT2D eigenvalue weighted by atomic mass is 10.1. The van der Waals surface area contributed by atoms with E-state index in [2.05, 4.69) is 10.3 Å². The number of amides is 1. The highest BCUT2D eigenvalue weighted by Crippen LogP contribution is 2.28. The van der Waals surface area contributed by atoms with Crippen molar-refractivity contribution in [2.45, 2.75) is 39.5 Å². The van der Waals surface area contributed by atoms with Gasteiger partial charge in [0.05, 0.1) is 24.6 Å². The number of hydrogen-bond acceptors (Lipinski definition) is 7. The van der Waals surface area contributed by atoms with Crippen LogP contribution in [0.4, 0.5) is 0 Å². The molecule has 10 heteroatoms. The fourth-order valence-corrected chi connectivity index (χ4v) is 4.85. The number of fused-ring (bicyclic) bond motifs is 1. The summed E-state index contributed by atoms with van der Waals surface area (Å²) in [5.41, 5.74) is -0.759. The summed E-state index contributed by atoms with van der Waals surface area (Å²) in [6.45, 7) is 5.47. The number of nitrogens with one attached hydrogen (secondary N) is 1. The van der Waals surface area contributed by atoms with Crippen molar-refractivity contribution in [3.8, 4) is 5.75 Å². The highest BCUT2D eigenvalue weighted by Gasteiger charge is 2.35. The lowest BCUT2D eigenvalue weighted by molar-refractivity contribution is -0.0567. The van der Waals surface area contributed by atoms with Gasteiger partial charge in [0.2, 0.25) is 5.75 Å². The number of ether oxygens (including phenoxy) is 2. The van der Waals surface area contributed by atoms with Gasteiger partial charge >= 0.3 is 0 Å². The Bertz CT molecular complexity index is 1320. The van der Waals surface area contributed by atoms with Crippen LogP contribution in [0.1, 0.15) is 42.6 Å². The number of allylic oxidation sites excluding steroid dienone is 3. The van der Waals surface area contributed by atoms with E-state index in [-0.39, 0.29) is 41.0 Å². The van der Waals surface area contributed by atoms with E-state index in [1.807, 2.05) is 30.3 Å². The van der Waals surface area contributed by atoms with Crippen molar-refractivity contribution < 1.29 is 22.7 Å². The zero-order valence-corrected chi connectivity index (χ0v) is 19.4. The van der Waals surface area contributed by atoms with Crippen LogP contribution in [0.2, 0.25) is 0 Å². The summed E-state index contributed by atoms with van der Waals surface area (Å²) in [6, 6.07) is 9.23. The molecule has 1 amide bonds. The maximum absolute atomic E-state index is 13.3. The Balaban J connectivity index is 1.68. The monoisotopic (exact) mass is 471 g/mol. The third kappa shape index (κ3) is 4.36. The Morgan fingerprint density at radius 1 is 1.24 bits per heavy atom. The summed E-state index contributed by atoms with van der Waals surface area (Å²) in [7, 11) is -3.57. The molecule has 0 atom stereocenters. The van der Waals surface area contributed by atoms with Crippen molar-refractivity contribution in [1.82, 2.24) is 14.9 Å². The predicted octanol–water partition coefficient (Wildman–Crippen LogP) is 2.03. The molecule has 9 nitrogen and oxygen atoms in total. The molecular weight excluding hydrogens is 446 g/mol. The first-order chi connectivity index (χ1) is 15.6. The summed E-state index contributed by atoms with van der Waals surface area (Å²) >= 11 is 0. The number of benzene rings is 1. The van der Waals surface area contributed by atoms with Gasteiger partial charge in [-0.3, -0.25) is 14.2 Å². The van der Waals surface area contributed by atoms with Crippen LogP contribution >= 0.6 is 0 Å². The van der Waals surface area contributed by atoms with Gasteiger partial charge in [0.1, 0.15) is 18.0 Å². The first kappa shape index (κ1) is 22.9. The van der Waals surface area contributed by atoms with E-state index in [9.17, 15) is 18.0 Å². The first-order valence-electron chi connectivity index (χ1n) is 10.5. The van der Waals surface area contributed by atoms with Crippen molar-refractivity contribution in [3.63, 3.8) is 0 Å². The average molecular weight is 472 g/mol. The second-order valence-corrected chi connectivity index (χ2v) is 10.5. The van der Waals surface area contributed by atoms with Crippen LogP contribution in [0.15, 0.2) is 57.1 Å². The van der Waals surface area contributed by atoms with Crippen molar-refractivity contribution in [3.05, 3.63) is 79.7 Å². The zero-order chi connectivity index (χ0) is 23.8. The molecule has 0 radical (unpaired) electrons. The van der Waals surface area contributed by atoms with Crippen molar-refractivity contribution in [2.24, 2.45) is 0 Å². The molecule has 0 saturated carbocycles. The van der Waals surface area contributed by atoms with Crippen molar-refractivity contribution in [2.75, 3.05) is 13.2 Å². The van der Waals surface area contributed by atoms with Gasteiger partial charge in [0.15, 0.2) is 15.5 Å². The molecule has 2 aliphatic rings. The largest absolute Gasteiger partial charge is 0.481 e. The number of carbonyl (C=O) groups excluding carboxylic acids is 1. The standard InChI is InChI=1S/C23H25N3O6S/c1-15-9-10-17(33(15,29)30)13-24-20(27)18-19(31-14-16-7-5-4-6-8-16)21(28)26-11-12-32-23(2,3)22(26)25-18/h4-10H,11-14H2,1-3H3,(H,24,27). The predicted molar refractivity (Wildman–Crippen MR) is 121 cm³/mol. The maximum atomic E-state index is 13.3. The van der Waals surface area contributed by atoms with E-state index in [4.69, 9.17) is 9.47 Å². The first-order valence-corrected chi connectivity index (χ1v) is 12.0. The summed E-state index contributed by atoms with van der Waals surface area (Å²) in [5.74, 6) is -0.586. The highest BCUT2D eigenvalue weighted by molar-refractivity contribution is 7.99. The second-order valence-electron chi connectivity index (χ2n) is 8.30. The van der Waals surface area contributed by atoms with Crippen molar-refractivity contribution >= 4 is 15.7 Å². The summed E-state index contributed by atoms with van der Waals surface area (Å²) in [5, 5.41) is 2.57. The van der Waals surface area contributed by atoms with Gasteiger partial charge < -0.3 is 14.8 Å². The quantitative estimate of drug-likeness (QED) is 0.685. The molecule has 174 valence electrons. The third-order valence-electron chi connectivity index (χ3n) is 5.58. The van der Waals surface area contributed by atoms with Gasteiger partial charge in [-0.1, -0.05) is 30.3 Å². The van der Waals surface area contributed by atoms with Crippen LogP contribution in [0.25, 0.3) is 0 Å². The van der Waals surface area contributed by atoms with E-state index in [1.165, 1.54) is 23.6 Å². The summed E-state index contributed by atoms with van der Waals surface area (Å²) in [4.78, 5) is 31.1. The molecule has 0 aliphatic carbocycles. The topological polar surface area (TPSA) is 117 Å². The minimum absolute atomic E-state index is 0.0680. The zero-order valence-electron chi connectivity index (χ0n) is 18.6. The molecule has 1 N–H and O–H groups in total. The Hall–Kier alpha value is -3.24. The maximum Gasteiger partial charge on any atom is 0.296 e. The highest BCUT2D eigenvalue weighted by atomic mass is 32.2. The Morgan fingerprint density at radius 2 is 1.97 bits per heavy atom. The Morgan fingerprint density at radius 3 is 2.64 bits per heavy atom. The fourth-order valence-electron chi connectivity index (χ4n) is 3.68. The number of hydrogen-bond donors (Lipinski definition) is 1. The average Bonchev–Trinajstić information content (AvgIpc) is 3.04. The summed E-state index contributed by atoms with van der Waals surface area (Å²) in [6.07, 6.45) is 2.93. The van der Waals surface area contributed by atoms with Crippen LogP contribution in [0.3, 0.4) is 0 Å². The Labute approximate surface area is 191 Å². The normalized spacial score (nSPS) is 18.2. The molecule has 4 rings (SSSR count). The lowest BCUT2D eigenvalue weighted by Crippen LogP contribution is -2.43.